The molecule has 0 N–H and O–H groups in total. The molecule has 0 unspecified atom stereocenters. The van der Waals surface area contributed by atoms with Crippen molar-refractivity contribution in [2.24, 2.45) is 11.8 Å². The van der Waals surface area contributed by atoms with Gasteiger partial charge in [0.05, 0.1) is 0 Å². The second-order valence-corrected chi connectivity index (χ2v) is 14.1. The Balaban J connectivity index is 1.51. The Bertz CT molecular complexity index is 987. The Morgan fingerprint density at radius 2 is 0.667 bits per heavy atom. The van der Waals surface area contributed by atoms with Crippen molar-refractivity contribution < 1.29 is 0 Å². The van der Waals surface area contributed by atoms with Gasteiger partial charge in [0.15, 0.2) is 0 Å². The van der Waals surface area contributed by atoms with Crippen LogP contribution in [-0.4, -0.2) is 11.3 Å². The molecule has 0 amide bonds. The molecule has 0 saturated heterocycles. The summed E-state index contributed by atoms with van der Waals surface area (Å²) in [6, 6.07) is 45.8. The average molecular weight is 465 g/mol. The predicted octanol–water partition coefficient (Wildman–Crippen LogP) is 6.42. The standard InChI is InChI=1S/C31H30P2/c1-5-13-26(14-6-1)32(27-15-7-2-8-16-27)30-24-21-22-25(23-24)31(30)33(28-17-9-3-10-18-28)29-19-11-4-12-20-29/h1-20,24-25,30-31H,21-23H2/t24-,25-,30+,31+/m1/s1. The van der Waals surface area contributed by atoms with E-state index in [1.807, 2.05) is 0 Å². The quantitative estimate of drug-likeness (QED) is 0.289. The Morgan fingerprint density at radius 3 is 0.939 bits per heavy atom. The summed E-state index contributed by atoms with van der Waals surface area (Å²) in [4.78, 5) is 0. The topological polar surface area (TPSA) is 0 Å². The smallest absolute Gasteiger partial charge is 0.00240 e. The largest absolute Gasteiger partial charge is 0.0622 e. The molecule has 0 aliphatic heterocycles. The van der Waals surface area contributed by atoms with E-state index in [-0.39, 0.29) is 0 Å². The molecule has 2 saturated carbocycles. The van der Waals surface area contributed by atoms with Gasteiger partial charge in [0, 0.05) is 0 Å². The lowest BCUT2D eigenvalue weighted by atomic mass is 9.99. The zero-order chi connectivity index (χ0) is 22.0. The van der Waals surface area contributed by atoms with E-state index in [9.17, 15) is 0 Å². The van der Waals surface area contributed by atoms with Crippen LogP contribution in [0.1, 0.15) is 19.3 Å². The summed E-state index contributed by atoms with van der Waals surface area (Å²) in [5.74, 6) is 1.70. The van der Waals surface area contributed by atoms with E-state index in [0.29, 0.717) is 0 Å². The highest BCUT2D eigenvalue weighted by Crippen LogP contribution is 2.66. The van der Waals surface area contributed by atoms with Crippen LogP contribution in [0.15, 0.2) is 121 Å². The second-order valence-electron chi connectivity index (χ2n) is 9.40. The molecule has 164 valence electrons. The highest BCUT2D eigenvalue weighted by Gasteiger charge is 2.54. The zero-order valence-corrected chi connectivity index (χ0v) is 20.7. The molecule has 2 bridgehead atoms. The molecule has 33 heavy (non-hydrogen) atoms. The van der Waals surface area contributed by atoms with Crippen LogP contribution in [0.5, 0.6) is 0 Å². The van der Waals surface area contributed by atoms with Gasteiger partial charge in [-0.3, -0.25) is 0 Å². The molecule has 2 aliphatic rings. The van der Waals surface area contributed by atoms with Crippen molar-refractivity contribution in [2.45, 2.75) is 30.6 Å². The van der Waals surface area contributed by atoms with E-state index in [4.69, 9.17) is 0 Å². The fourth-order valence-electron chi connectivity index (χ4n) is 6.30. The number of fused-ring (bicyclic) bond motifs is 2. The van der Waals surface area contributed by atoms with E-state index < -0.39 is 15.8 Å². The van der Waals surface area contributed by atoms with E-state index in [0.717, 1.165) is 23.2 Å². The fourth-order valence-corrected chi connectivity index (χ4v) is 13.5. The van der Waals surface area contributed by atoms with Crippen LogP contribution in [0.4, 0.5) is 0 Å². The first kappa shape index (κ1) is 21.3. The highest BCUT2D eigenvalue weighted by atomic mass is 31.1. The molecule has 2 heteroatoms. The van der Waals surface area contributed by atoms with Gasteiger partial charge in [0.1, 0.15) is 0 Å². The van der Waals surface area contributed by atoms with Crippen molar-refractivity contribution in [3.63, 3.8) is 0 Å². The molecule has 0 nitrogen and oxygen atoms in total. The summed E-state index contributed by atoms with van der Waals surface area (Å²) in [5, 5.41) is 6.21. The Hall–Kier alpha value is -2.26. The second kappa shape index (κ2) is 9.54. The summed E-state index contributed by atoms with van der Waals surface area (Å²) < 4.78 is 0. The van der Waals surface area contributed by atoms with Crippen molar-refractivity contribution in [3.8, 4) is 0 Å². The molecule has 0 aromatic heterocycles. The molecular weight excluding hydrogens is 434 g/mol. The predicted molar refractivity (Wildman–Crippen MR) is 147 cm³/mol. The van der Waals surface area contributed by atoms with Gasteiger partial charge >= 0.3 is 0 Å². The number of hydrogen-bond acceptors (Lipinski definition) is 0. The first-order chi connectivity index (χ1) is 16.4. The molecule has 2 fully saturated rings. The molecule has 2 aliphatic carbocycles. The summed E-state index contributed by atoms with van der Waals surface area (Å²) in [5.41, 5.74) is 1.49. The van der Waals surface area contributed by atoms with Gasteiger partial charge in [-0.2, -0.15) is 0 Å². The van der Waals surface area contributed by atoms with Gasteiger partial charge in [0.25, 0.3) is 0 Å². The van der Waals surface area contributed by atoms with Crippen LogP contribution in [0.2, 0.25) is 0 Å². The normalized spacial score (nSPS) is 23.9. The minimum atomic E-state index is -0.403. The summed E-state index contributed by atoms with van der Waals surface area (Å²) >= 11 is 0. The first-order valence-corrected chi connectivity index (χ1v) is 15.0. The molecule has 0 heterocycles. The van der Waals surface area contributed by atoms with Crippen LogP contribution in [0.25, 0.3) is 0 Å². The zero-order valence-electron chi connectivity index (χ0n) is 18.9. The van der Waals surface area contributed by atoms with Crippen molar-refractivity contribution in [1.29, 1.82) is 0 Å². The minimum Gasteiger partial charge on any atom is -0.0622 e. The molecule has 0 radical (unpaired) electrons. The van der Waals surface area contributed by atoms with Gasteiger partial charge in [-0.15, -0.1) is 0 Å². The molecule has 4 aromatic rings. The van der Waals surface area contributed by atoms with Crippen LogP contribution < -0.4 is 21.2 Å². The Labute approximate surface area is 200 Å². The van der Waals surface area contributed by atoms with Crippen molar-refractivity contribution in [1.82, 2.24) is 0 Å². The van der Waals surface area contributed by atoms with Gasteiger partial charge in [0.2, 0.25) is 0 Å². The highest BCUT2D eigenvalue weighted by molar-refractivity contribution is 7.77. The molecule has 6 rings (SSSR count). The fraction of sp³-hybridized carbons (Fsp3) is 0.226. The summed E-state index contributed by atoms with van der Waals surface area (Å²) in [6.45, 7) is 0. The van der Waals surface area contributed by atoms with E-state index >= 15 is 0 Å². The van der Waals surface area contributed by atoms with Crippen LogP contribution in [0, 0.1) is 11.8 Å². The van der Waals surface area contributed by atoms with Crippen molar-refractivity contribution >= 4 is 37.1 Å². The van der Waals surface area contributed by atoms with Gasteiger partial charge in [-0.1, -0.05) is 121 Å². The molecular formula is C31H30P2. The van der Waals surface area contributed by atoms with Crippen molar-refractivity contribution in [2.75, 3.05) is 0 Å². The third-order valence-electron chi connectivity index (χ3n) is 7.56. The van der Waals surface area contributed by atoms with Gasteiger partial charge in [-0.25, -0.2) is 0 Å². The van der Waals surface area contributed by atoms with Gasteiger partial charge < -0.3 is 0 Å². The number of rotatable bonds is 6. The third kappa shape index (κ3) is 4.10. The average Bonchev–Trinajstić information content (AvgIpc) is 3.50. The lowest BCUT2D eigenvalue weighted by molar-refractivity contribution is 0.498. The van der Waals surface area contributed by atoms with E-state index in [1.165, 1.54) is 19.3 Å². The number of hydrogen-bond donors (Lipinski definition) is 0. The van der Waals surface area contributed by atoms with Crippen molar-refractivity contribution in [3.05, 3.63) is 121 Å². The minimum absolute atomic E-state index is 0.403. The van der Waals surface area contributed by atoms with Crippen LogP contribution >= 0.6 is 15.8 Å². The Morgan fingerprint density at radius 1 is 0.394 bits per heavy atom. The van der Waals surface area contributed by atoms with Crippen LogP contribution in [0.3, 0.4) is 0 Å². The summed E-state index contributed by atoms with van der Waals surface area (Å²) in [7, 11) is -0.806. The SMILES string of the molecule is c1ccc(P(c2ccccc2)[C@H]2[C@@H]3CC[C@H](C3)[C@@H]2P(c2ccccc2)c2ccccc2)cc1. The maximum absolute atomic E-state index is 2.40. The third-order valence-corrected chi connectivity index (χ3v) is 13.9. The molecule has 4 aromatic carbocycles. The van der Waals surface area contributed by atoms with E-state index in [2.05, 4.69) is 121 Å². The van der Waals surface area contributed by atoms with Crippen LogP contribution in [-0.2, 0) is 0 Å². The lowest BCUT2D eigenvalue weighted by Gasteiger charge is -2.42. The maximum atomic E-state index is 2.40. The summed E-state index contributed by atoms with van der Waals surface area (Å²) in [6.07, 6.45) is 4.25. The van der Waals surface area contributed by atoms with E-state index in [1.54, 1.807) is 21.2 Å². The first-order valence-electron chi connectivity index (χ1n) is 12.2. The Kier molecular flexibility index (Phi) is 6.15. The molecule has 4 atom stereocenters. The molecule has 0 spiro atoms. The maximum Gasteiger partial charge on any atom is -0.00240 e. The monoisotopic (exact) mass is 464 g/mol. The van der Waals surface area contributed by atoms with Gasteiger partial charge in [-0.05, 0) is 79.5 Å². The number of benzene rings is 4. The lowest BCUT2D eigenvalue weighted by Crippen LogP contribution is -2.39.